The van der Waals surface area contributed by atoms with Gasteiger partial charge in [0.15, 0.2) is 0 Å². The van der Waals surface area contributed by atoms with E-state index in [1.54, 1.807) is 0 Å². The SMILES string of the molecule is O=C1C2C3C=CC(CC3)C2C(=O)N1c1ccc2[nH]ccc2c1. The van der Waals surface area contributed by atoms with E-state index in [2.05, 4.69) is 17.1 Å². The van der Waals surface area contributed by atoms with Crippen molar-refractivity contribution >= 4 is 28.4 Å². The quantitative estimate of drug-likeness (QED) is 0.649. The van der Waals surface area contributed by atoms with E-state index >= 15 is 0 Å². The molecule has 4 unspecified atom stereocenters. The van der Waals surface area contributed by atoms with Crippen molar-refractivity contribution < 1.29 is 9.59 Å². The molecule has 2 amide bonds. The van der Waals surface area contributed by atoms with Crippen LogP contribution in [0.2, 0.25) is 0 Å². The molecule has 1 saturated heterocycles. The summed E-state index contributed by atoms with van der Waals surface area (Å²) in [5.74, 6) is 0.184. The van der Waals surface area contributed by atoms with Crippen molar-refractivity contribution in [1.82, 2.24) is 4.98 Å². The molecule has 4 aliphatic rings. The average Bonchev–Trinajstić information content (AvgIpc) is 3.12. The second-order valence-electron chi connectivity index (χ2n) is 6.60. The maximum Gasteiger partial charge on any atom is 0.238 e. The largest absolute Gasteiger partial charge is 0.361 e. The second kappa shape index (κ2) is 4.09. The molecule has 4 nitrogen and oxygen atoms in total. The van der Waals surface area contributed by atoms with E-state index in [1.165, 1.54) is 4.90 Å². The van der Waals surface area contributed by atoms with E-state index in [4.69, 9.17) is 0 Å². The summed E-state index contributed by atoms with van der Waals surface area (Å²) >= 11 is 0. The van der Waals surface area contributed by atoms with Crippen LogP contribution >= 0.6 is 0 Å². The fourth-order valence-corrected chi connectivity index (χ4v) is 4.51. The van der Waals surface area contributed by atoms with Crippen LogP contribution in [0.5, 0.6) is 0 Å². The summed E-state index contributed by atoms with van der Waals surface area (Å²) in [6.45, 7) is 0. The van der Waals surface area contributed by atoms with Gasteiger partial charge in [0, 0.05) is 17.1 Å². The molecule has 1 aliphatic heterocycles. The van der Waals surface area contributed by atoms with Crippen LogP contribution in [-0.2, 0) is 9.59 Å². The maximum absolute atomic E-state index is 12.9. The fourth-order valence-electron chi connectivity index (χ4n) is 4.51. The number of aromatic nitrogens is 1. The van der Waals surface area contributed by atoms with E-state index in [9.17, 15) is 9.59 Å². The van der Waals surface area contributed by atoms with Crippen LogP contribution in [0.1, 0.15) is 12.8 Å². The van der Waals surface area contributed by atoms with Crippen LogP contribution in [0, 0.1) is 23.7 Å². The molecule has 110 valence electrons. The Balaban J connectivity index is 1.61. The van der Waals surface area contributed by atoms with Gasteiger partial charge in [0.1, 0.15) is 0 Å². The Kier molecular flexibility index (Phi) is 2.27. The van der Waals surface area contributed by atoms with Crippen LogP contribution < -0.4 is 4.90 Å². The zero-order valence-corrected chi connectivity index (χ0v) is 12.0. The van der Waals surface area contributed by atoms with E-state index in [0.29, 0.717) is 5.69 Å². The number of amides is 2. The maximum atomic E-state index is 12.9. The van der Waals surface area contributed by atoms with Gasteiger partial charge in [0.05, 0.1) is 17.5 Å². The molecular weight excluding hydrogens is 276 g/mol. The normalized spacial score (nSPS) is 33.0. The number of aromatic amines is 1. The van der Waals surface area contributed by atoms with Gasteiger partial charge in [0.25, 0.3) is 0 Å². The van der Waals surface area contributed by atoms with Crippen LogP contribution in [0.25, 0.3) is 10.9 Å². The van der Waals surface area contributed by atoms with Gasteiger partial charge in [0.2, 0.25) is 11.8 Å². The summed E-state index contributed by atoms with van der Waals surface area (Å²) in [4.78, 5) is 30.3. The van der Waals surface area contributed by atoms with Crippen molar-refractivity contribution in [3.63, 3.8) is 0 Å². The van der Waals surface area contributed by atoms with Gasteiger partial charge in [-0.05, 0) is 48.9 Å². The van der Waals surface area contributed by atoms with Crippen molar-refractivity contribution in [3.05, 3.63) is 42.6 Å². The lowest BCUT2D eigenvalue weighted by molar-refractivity contribution is -0.124. The second-order valence-corrected chi connectivity index (χ2v) is 6.60. The van der Waals surface area contributed by atoms with Gasteiger partial charge in [-0.1, -0.05) is 12.2 Å². The number of benzene rings is 1. The summed E-state index contributed by atoms with van der Waals surface area (Å²) in [5, 5.41) is 1.02. The first kappa shape index (κ1) is 12.2. The third kappa shape index (κ3) is 1.42. The molecular formula is C18H16N2O2. The number of hydrogen-bond donors (Lipinski definition) is 1. The summed E-state index contributed by atoms with van der Waals surface area (Å²) < 4.78 is 0. The van der Waals surface area contributed by atoms with E-state index in [-0.39, 0.29) is 35.5 Å². The molecule has 4 atom stereocenters. The number of nitrogens with one attached hydrogen (secondary N) is 1. The Morgan fingerprint density at radius 1 is 0.955 bits per heavy atom. The van der Waals surface area contributed by atoms with Crippen LogP contribution in [0.3, 0.4) is 0 Å². The molecule has 2 heterocycles. The predicted molar refractivity (Wildman–Crippen MR) is 83.1 cm³/mol. The number of imide groups is 1. The number of carbonyl (C=O) groups is 2. The zero-order valence-electron chi connectivity index (χ0n) is 12.0. The number of nitrogens with zero attached hydrogens (tertiary/aromatic N) is 1. The third-order valence-electron chi connectivity index (χ3n) is 5.55. The molecule has 4 heteroatoms. The molecule has 1 N–H and O–H groups in total. The van der Waals surface area contributed by atoms with E-state index in [0.717, 1.165) is 23.7 Å². The molecule has 0 radical (unpaired) electrons. The Morgan fingerprint density at radius 3 is 2.27 bits per heavy atom. The van der Waals surface area contributed by atoms with Crippen LogP contribution in [-0.4, -0.2) is 16.8 Å². The Morgan fingerprint density at radius 2 is 1.64 bits per heavy atom. The first-order chi connectivity index (χ1) is 10.7. The molecule has 1 aromatic heterocycles. The Hall–Kier alpha value is -2.36. The molecule has 1 aromatic carbocycles. The number of fused-ring (bicyclic) bond motifs is 2. The average molecular weight is 292 g/mol. The van der Waals surface area contributed by atoms with Crippen LogP contribution in [0.15, 0.2) is 42.6 Å². The molecule has 0 spiro atoms. The summed E-state index contributed by atoms with van der Waals surface area (Å²) in [6.07, 6.45) is 8.24. The molecule has 22 heavy (non-hydrogen) atoms. The van der Waals surface area contributed by atoms with Gasteiger partial charge in [-0.2, -0.15) is 0 Å². The highest BCUT2D eigenvalue weighted by Gasteiger charge is 2.56. The molecule has 2 fully saturated rings. The highest BCUT2D eigenvalue weighted by atomic mass is 16.2. The third-order valence-corrected chi connectivity index (χ3v) is 5.55. The Labute approximate surface area is 127 Å². The molecule has 3 aliphatic carbocycles. The van der Waals surface area contributed by atoms with E-state index in [1.807, 2.05) is 30.5 Å². The lowest BCUT2D eigenvalue weighted by Gasteiger charge is -2.38. The zero-order chi connectivity index (χ0) is 14.8. The topological polar surface area (TPSA) is 53.2 Å². The van der Waals surface area contributed by atoms with Crippen molar-refractivity contribution in [1.29, 1.82) is 0 Å². The number of rotatable bonds is 1. The molecule has 2 bridgehead atoms. The smallest absolute Gasteiger partial charge is 0.238 e. The summed E-state index contributed by atoms with van der Waals surface area (Å²) in [5.41, 5.74) is 1.72. The van der Waals surface area contributed by atoms with Gasteiger partial charge >= 0.3 is 0 Å². The number of H-pyrrole nitrogens is 1. The standard InChI is InChI=1S/C18H16N2O2/c21-17-15-10-1-2-11(4-3-10)16(15)18(22)20(17)13-5-6-14-12(9-13)7-8-19-14/h1-2,5-11,15-16,19H,3-4H2. The minimum absolute atomic E-state index is 0.0102. The van der Waals surface area contributed by atoms with Crippen molar-refractivity contribution in [3.8, 4) is 0 Å². The molecule has 1 saturated carbocycles. The minimum atomic E-state index is -0.141. The van der Waals surface area contributed by atoms with E-state index < -0.39 is 0 Å². The van der Waals surface area contributed by atoms with Crippen molar-refractivity contribution in [2.24, 2.45) is 23.7 Å². The van der Waals surface area contributed by atoms with Gasteiger partial charge < -0.3 is 4.98 Å². The number of carbonyl (C=O) groups excluding carboxylic acids is 2. The van der Waals surface area contributed by atoms with Crippen LogP contribution in [0.4, 0.5) is 5.69 Å². The summed E-state index contributed by atoms with van der Waals surface area (Å²) in [7, 11) is 0. The highest BCUT2D eigenvalue weighted by molar-refractivity contribution is 6.23. The van der Waals surface area contributed by atoms with Crippen molar-refractivity contribution in [2.45, 2.75) is 12.8 Å². The molecule has 2 aromatic rings. The van der Waals surface area contributed by atoms with Gasteiger partial charge in [-0.3, -0.25) is 9.59 Å². The number of anilines is 1. The monoisotopic (exact) mass is 292 g/mol. The minimum Gasteiger partial charge on any atom is -0.361 e. The highest BCUT2D eigenvalue weighted by Crippen LogP contribution is 2.50. The number of hydrogen-bond acceptors (Lipinski definition) is 2. The number of allylic oxidation sites excluding steroid dienone is 2. The summed E-state index contributed by atoms with van der Waals surface area (Å²) in [6, 6.07) is 7.68. The first-order valence-electron chi connectivity index (χ1n) is 7.87. The van der Waals surface area contributed by atoms with Gasteiger partial charge in [-0.25, -0.2) is 4.90 Å². The van der Waals surface area contributed by atoms with Crippen molar-refractivity contribution in [2.75, 3.05) is 4.90 Å². The van der Waals surface area contributed by atoms with Gasteiger partial charge in [-0.15, -0.1) is 0 Å². The Bertz CT molecular complexity index is 802. The predicted octanol–water partition coefficient (Wildman–Crippen LogP) is 2.87. The lowest BCUT2D eigenvalue weighted by atomic mass is 9.63. The molecule has 6 rings (SSSR count). The first-order valence-corrected chi connectivity index (χ1v) is 7.87. The lowest BCUT2D eigenvalue weighted by Crippen LogP contribution is -2.38. The fraction of sp³-hybridized carbons (Fsp3) is 0.333.